The second-order valence-electron chi connectivity index (χ2n) is 4.51. The summed E-state index contributed by atoms with van der Waals surface area (Å²) < 4.78 is 0. The van der Waals surface area contributed by atoms with E-state index in [1.807, 2.05) is 49.4 Å². The van der Waals surface area contributed by atoms with Gasteiger partial charge in [0.2, 0.25) is 11.8 Å². The molecule has 0 aliphatic carbocycles. The van der Waals surface area contributed by atoms with Crippen LogP contribution in [0, 0.1) is 0 Å². The molecule has 0 spiro atoms. The summed E-state index contributed by atoms with van der Waals surface area (Å²) in [6, 6.07) is 8.79. The number of hydrogen-bond donors (Lipinski definition) is 1. The molecule has 0 bridgehead atoms. The van der Waals surface area contributed by atoms with Gasteiger partial charge in [-0.1, -0.05) is 42.5 Å². The average Bonchev–Trinajstić information content (AvgIpc) is 2.58. The summed E-state index contributed by atoms with van der Waals surface area (Å²) in [5, 5.41) is 2.80. The van der Waals surface area contributed by atoms with Gasteiger partial charge in [-0.2, -0.15) is 0 Å². The maximum absolute atomic E-state index is 12.5. The minimum Gasteiger partial charge on any atom is -0.340 e. The van der Waals surface area contributed by atoms with Crippen molar-refractivity contribution in [2.45, 2.75) is 19.4 Å². The first kappa shape index (κ1) is 13.3. The molecule has 1 aromatic carbocycles. The summed E-state index contributed by atoms with van der Waals surface area (Å²) in [5.41, 5.74) is 0.827. The van der Waals surface area contributed by atoms with Crippen molar-refractivity contribution in [3.05, 3.63) is 48.0 Å². The second-order valence-corrected chi connectivity index (χ2v) is 4.51. The molecule has 4 nitrogen and oxygen atoms in total. The number of amides is 2. The number of carbonyl (C=O) groups excluding carboxylic acids is 2. The standard InChI is InChI=1S/C15H18N2O2/c1-2-3-10-17-11-9-13(18)16-14(15(17)19)12-7-5-4-6-8-12/h2-8,14H,9-11H2,1H3,(H,16,18)/b3-2+. The minimum atomic E-state index is -0.568. The Kier molecular flexibility index (Phi) is 4.34. The van der Waals surface area contributed by atoms with Crippen LogP contribution in [-0.4, -0.2) is 29.8 Å². The van der Waals surface area contributed by atoms with Gasteiger partial charge in [-0.15, -0.1) is 0 Å². The largest absolute Gasteiger partial charge is 0.340 e. The number of allylic oxidation sites excluding steroid dienone is 1. The quantitative estimate of drug-likeness (QED) is 0.838. The number of rotatable bonds is 3. The normalized spacial score (nSPS) is 20.5. The highest BCUT2D eigenvalue weighted by Gasteiger charge is 2.30. The first-order valence-electron chi connectivity index (χ1n) is 6.46. The molecule has 1 aromatic rings. The summed E-state index contributed by atoms with van der Waals surface area (Å²) in [7, 11) is 0. The lowest BCUT2D eigenvalue weighted by atomic mass is 10.1. The van der Waals surface area contributed by atoms with Crippen molar-refractivity contribution >= 4 is 11.8 Å². The Labute approximate surface area is 113 Å². The number of nitrogens with zero attached hydrogens (tertiary/aromatic N) is 1. The van der Waals surface area contributed by atoms with Gasteiger partial charge < -0.3 is 10.2 Å². The molecule has 4 heteroatoms. The van der Waals surface area contributed by atoms with Gasteiger partial charge in [-0.3, -0.25) is 9.59 Å². The van der Waals surface area contributed by atoms with Crippen molar-refractivity contribution in [2.75, 3.05) is 13.1 Å². The highest BCUT2D eigenvalue weighted by molar-refractivity contribution is 5.90. The first-order valence-corrected chi connectivity index (χ1v) is 6.46. The third kappa shape index (κ3) is 3.22. The predicted molar refractivity (Wildman–Crippen MR) is 73.3 cm³/mol. The topological polar surface area (TPSA) is 49.4 Å². The van der Waals surface area contributed by atoms with E-state index in [9.17, 15) is 9.59 Å². The van der Waals surface area contributed by atoms with Crippen LogP contribution in [0.5, 0.6) is 0 Å². The lowest BCUT2D eigenvalue weighted by Gasteiger charge is -2.23. The van der Waals surface area contributed by atoms with Crippen LogP contribution in [-0.2, 0) is 9.59 Å². The summed E-state index contributed by atoms with van der Waals surface area (Å²) in [6.07, 6.45) is 4.19. The number of carbonyl (C=O) groups is 2. The molecule has 1 N–H and O–H groups in total. The van der Waals surface area contributed by atoms with E-state index < -0.39 is 6.04 Å². The van der Waals surface area contributed by atoms with E-state index in [1.165, 1.54) is 0 Å². The molecule has 1 aliphatic heterocycles. The third-order valence-electron chi connectivity index (χ3n) is 3.17. The molecule has 100 valence electrons. The smallest absolute Gasteiger partial charge is 0.250 e. The lowest BCUT2D eigenvalue weighted by molar-refractivity contribution is -0.133. The molecule has 0 saturated carbocycles. The molecular formula is C15H18N2O2. The summed E-state index contributed by atoms with van der Waals surface area (Å²) in [5.74, 6) is -0.125. The van der Waals surface area contributed by atoms with Crippen molar-refractivity contribution in [3.63, 3.8) is 0 Å². The van der Waals surface area contributed by atoms with Gasteiger partial charge in [0.25, 0.3) is 0 Å². The molecule has 1 fully saturated rings. The average molecular weight is 258 g/mol. The SMILES string of the molecule is C/C=C/CN1CCC(=O)NC(c2ccccc2)C1=O. The Hall–Kier alpha value is -2.10. The van der Waals surface area contributed by atoms with Crippen LogP contribution >= 0.6 is 0 Å². The fourth-order valence-corrected chi connectivity index (χ4v) is 2.11. The van der Waals surface area contributed by atoms with E-state index in [0.29, 0.717) is 19.5 Å². The molecular weight excluding hydrogens is 240 g/mol. The lowest BCUT2D eigenvalue weighted by Crippen LogP contribution is -2.38. The van der Waals surface area contributed by atoms with E-state index in [2.05, 4.69) is 5.32 Å². The predicted octanol–water partition coefficient (Wildman–Crippen LogP) is 1.65. The molecule has 0 radical (unpaired) electrons. The van der Waals surface area contributed by atoms with Crippen molar-refractivity contribution in [3.8, 4) is 0 Å². The Bertz CT molecular complexity index is 482. The van der Waals surface area contributed by atoms with Gasteiger partial charge in [0.15, 0.2) is 0 Å². The zero-order valence-electron chi connectivity index (χ0n) is 11.0. The van der Waals surface area contributed by atoms with Crippen molar-refractivity contribution in [1.82, 2.24) is 10.2 Å². The molecule has 1 heterocycles. The van der Waals surface area contributed by atoms with Crippen LogP contribution in [0.2, 0.25) is 0 Å². The highest BCUT2D eigenvalue weighted by atomic mass is 16.2. The van der Waals surface area contributed by atoms with E-state index in [1.54, 1.807) is 4.90 Å². The van der Waals surface area contributed by atoms with Crippen molar-refractivity contribution in [2.24, 2.45) is 0 Å². The van der Waals surface area contributed by atoms with Crippen molar-refractivity contribution < 1.29 is 9.59 Å². The molecule has 0 aromatic heterocycles. The summed E-state index contributed by atoms with van der Waals surface area (Å²) in [6.45, 7) is 2.94. The van der Waals surface area contributed by atoms with Crippen LogP contribution in [0.25, 0.3) is 0 Å². The van der Waals surface area contributed by atoms with E-state index in [4.69, 9.17) is 0 Å². The van der Waals surface area contributed by atoms with Crippen molar-refractivity contribution in [1.29, 1.82) is 0 Å². The van der Waals surface area contributed by atoms with Gasteiger partial charge in [0, 0.05) is 19.5 Å². The summed E-state index contributed by atoms with van der Waals surface area (Å²) >= 11 is 0. The van der Waals surface area contributed by atoms with Gasteiger partial charge in [0.1, 0.15) is 6.04 Å². The second kappa shape index (κ2) is 6.18. The molecule has 1 unspecified atom stereocenters. The fourth-order valence-electron chi connectivity index (χ4n) is 2.11. The zero-order valence-corrected chi connectivity index (χ0v) is 11.0. The van der Waals surface area contributed by atoms with Crippen LogP contribution in [0.1, 0.15) is 24.9 Å². The highest BCUT2D eigenvalue weighted by Crippen LogP contribution is 2.18. The van der Waals surface area contributed by atoms with Crippen LogP contribution in [0.4, 0.5) is 0 Å². The molecule has 1 atom stereocenters. The molecule has 1 aliphatic rings. The van der Waals surface area contributed by atoms with E-state index in [-0.39, 0.29) is 11.8 Å². The maximum atomic E-state index is 12.5. The summed E-state index contributed by atoms with van der Waals surface area (Å²) in [4.78, 5) is 25.9. The van der Waals surface area contributed by atoms with Gasteiger partial charge >= 0.3 is 0 Å². The minimum absolute atomic E-state index is 0.0462. The Morgan fingerprint density at radius 2 is 2.05 bits per heavy atom. The maximum Gasteiger partial charge on any atom is 0.250 e. The molecule has 1 saturated heterocycles. The first-order chi connectivity index (χ1) is 9.22. The van der Waals surface area contributed by atoms with Crippen LogP contribution in [0.3, 0.4) is 0 Å². The number of hydrogen-bond acceptors (Lipinski definition) is 2. The molecule has 2 rings (SSSR count). The number of nitrogens with one attached hydrogen (secondary N) is 1. The van der Waals surface area contributed by atoms with Gasteiger partial charge in [0.05, 0.1) is 0 Å². The van der Waals surface area contributed by atoms with Gasteiger partial charge in [-0.25, -0.2) is 0 Å². The number of benzene rings is 1. The fraction of sp³-hybridized carbons (Fsp3) is 0.333. The Morgan fingerprint density at radius 3 is 2.74 bits per heavy atom. The Morgan fingerprint density at radius 1 is 1.32 bits per heavy atom. The van der Waals surface area contributed by atoms with Crippen LogP contribution < -0.4 is 5.32 Å². The van der Waals surface area contributed by atoms with E-state index in [0.717, 1.165) is 5.56 Å². The molecule has 2 amide bonds. The monoisotopic (exact) mass is 258 g/mol. The zero-order chi connectivity index (χ0) is 13.7. The third-order valence-corrected chi connectivity index (χ3v) is 3.17. The van der Waals surface area contributed by atoms with E-state index >= 15 is 0 Å². The molecule has 19 heavy (non-hydrogen) atoms. The Balaban J connectivity index is 2.24. The van der Waals surface area contributed by atoms with Gasteiger partial charge in [-0.05, 0) is 12.5 Å². The van der Waals surface area contributed by atoms with Crippen LogP contribution in [0.15, 0.2) is 42.5 Å².